The van der Waals surface area contributed by atoms with E-state index in [0.717, 1.165) is 11.1 Å². The Morgan fingerprint density at radius 2 is 1.93 bits per heavy atom. The Labute approximate surface area is 173 Å². The fourth-order valence-electron chi connectivity index (χ4n) is 3.74. The molecule has 0 aliphatic carbocycles. The second kappa shape index (κ2) is 7.11. The summed E-state index contributed by atoms with van der Waals surface area (Å²) in [7, 11) is 0. The van der Waals surface area contributed by atoms with Crippen molar-refractivity contribution in [1.82, 2.24) is 9.88 Å². The van der Waals surface area contributed by atoms with E-state index < -0.39 is 17.7 Å². The van der Waals surface area contributed by atoms with Gasteiger partial charge in [0.15, 0.2) is 6.29 Å². The maximum Gasteiger partial charge on any atom is 0.419 e. The van der Waals surface area contributed by atoms with Gasteiger partial charge in [-0.05, 0) is 50.1 Å². The number of aromatic nitrogens is 1. The SMILES string of the molecule is CC(C)(C)OC(=O)n1c(C(=O)C2NCc3ccccc32)cc2c(O)c(C=O)ccc21. The van der Waals surface area contributed by atoms with Crippen LogP contribution in [0.2, 0.25) is 0 Å². The molecule has 1 unspecified atom stereocenters. The van der Waals surface area contributed by atoms with Gasteiger partial charge in [0.25, 0.3) is 0 Å². The Hall–Kier alpha value is -3.45. The molecule has 0 amide bonds. The van der Waals surface area contributed by atoms with Gasteiger partial charge in [0.05, 0.1) is 22.8 Å². The quantitative estimate of drug-likeness (QED) is 0.505. The second-order valence-corrected chi connectivity index (χ2v) is 8.28. The minimum atomic E-state index is -0.781. The molecule has 1 aliphatic rings. The third-order valence-corrected chi connectivity index (χ3v) is 5.07. The van der Waals surface area contributed by atoms with Gasteiger partial charge in [0.1, 0.15) is 11.4 Å². The molecule has 154 valence electrons. The summed E-state index contributed by atoms with van der Waals surface area (Å²) in [6.07, 6.45) is -0.207. The van der Waals surface area contributed by atoms with Crippen LogP contribution < -0.4 is 5.32 Å². The lowest BCUT2D eigenvalue weighted by Crippen LogP contribution is -2.31. The summed E-state index contributed by atoms with van der Waals surface area (Å²) in [5, 5.41) is 13.9. The summed E-state index contributed by atoms with van der Waals surface area (Å²) in [5.74, 6) is -0.604. The number of carbonyl (C=O) groups is 3. The maximum absolute atomic E-state index is 13.5. The first-order valence-electron chi connectivity index (χ1n) is 9.62. The number of ketones is 1. The molecule has 1 atom stereocenters. The number of aldehydes is 1. The van der Waals surface area contributed by atoms with Crippen LogP contribution in [0, 0.1) is 0 Å². The Morgan fingerprint density at radius 1 is 1.20 bits per heavy atom. The van der Waals surface area contributed by atoms with Crippen molar-refractivity contribution >= 4 is 29.1 Å². The standard InChI is InChI=1S/C23H22N2O5/c1-23(2,3)30-22(29)25-17-9-8-14(12-26)20(27)16(17)10-18(25)21(28)19-15-7-5-4-6-13(15)11-24-19/h4-10,12,19,24,27H,11H2,1-3H3. The van der Waals surface area contributed by atoms with Crippen LogP contribution >= 0.6 is 0 Å². The minimum absolute atomic E-state index is 0.0757. The number of phenolic OH excluding ortho intramolecular Hbond substituents is 1. The maximum atomic E-state index is 13.5. The molecule has 0 saturated heterocycles. The molecular weight excluding hydrogens is 384 g/mol. The third-order valence-electron chi connectivity index (χ3n) is 5.07. The van der Waals surface area contributed by atoms with Crippen LogP contribution in [0.15, 0.2) is 42.5 Å². The molecule has 30 heavy (non-hydrogen) atoms. The average molecular weight is 406 g/mol. The summed E-state index contributed by atoms with van der Waals surface area (Å²) in [6, 6.07) is 11.3. The summed E-state index contributed by atoms with van der Waals surface area (Å²) < 4.78 is 6.68. The van der Waals surface area contributed by atoms with Crippen molar-refractivity contribution in [2.45, 2.75) is 39.0 Å². The van der Waals surface area contributed by atoms with Crippen molar-refractivity contribution in [1.29, 1.82) is 0 Å². The van der Waals surface area contributed by atoms with Gasteiger partial charge in [-0.2, -0.15) is 0 Å². The highest BCUT2D eigenvalue weighted by Crippen LogP contribution is 2.35. The Morgan fingerprint density at radius 3 is 2.63 bits per heavy atom. The topological polar surface area (TPSA) is 97.6 Å². The molecule has 7 heteroatoms. The Kier molecular flexibility index (Phi) is 4.70. The van der Waals surface area contributed by atoms with Gasteiger partial charge in [-0.1, -0.05) is 24.3 Å². The predicted octanol–water partition coefficient (Wildman–Crippen LogP) is 3.97. The number of hydrogen-bond acceptors (Lipinski definition) is 6. The Balaban J connectivity index is 1.89. The van der Waals surface area contributed by atoms with Gasteiger partial charge in [0, 0.05) is 11.9 Å². The van der Waals surface area contributed by atoms with Gasteiger partial charge >= 0.3 is 6.09 Å². The predicted molar refractivity (Wildman–Crippen MR) is 111 cm³/mol. The molecule has 4 rings (SSSR count). The highest BCUT2D eigenvalue weighted by Gasteiger charge is 2.33. The van der Waals surface area contributed by atoms with Crippen molar-refractivity contribution in [3.05, 3.63) is 64.8 Å². The molecule has 0 fully saturated rings. The van der Waals surface area contributed by atoms with Gasteiger partial charge in [0.2, 0.25) is 5.78 Å². The summed E-state index contributed by atoms with van der Waals surface area (Å²) in [4.78, 5) is 37.7. The van der Waals surface area contributed by atoms with Crippen LogP contribution in [-0.2, 0) is 11.3 Å². The van der Waals surface area contributed by atoms with Crippen LogP contribution in [0.3, 0.4) is 0 Å². The molecule has 7 nitrogen and oxygen atoms in total. The van der Waals surface area contributed by atoms with Gasteiger partial charge < -0.3 is 9.84 Å². The monoisotopic (exact) mass is 406 g/mol. The molecule has 2 heterocycles. The van der Waals surface area contributed by atoms with Gasteiger partial charge in [-0.15, -0.1) is 0 Å². The number of ether oxygens (including phenoxy) is 1. The fourth-order valence-corrected chi connectivity index (χ4v) is 3.74. The lowest BCUT2D eigenvalue weighted by atomic mass is 10.00. The number of fused-ring (bicyclic) bond motifs is 2. The van der Waals surface area contributed by atoms with Crippen molar-refractivity contribution in [2.75, 3.05) is 0 Å². The van der Waals surface area contributed by atoms with E-state index in [0.29, 0.717) is 18.3 Å². The molecule has 3 aromatic rings. The van der Waals surface area contributed by atoms with E-state index >= 15 is 0 Å². The molecule has 0 radical (unpaired) electrons. The number of benzene rings is 2. The zero-order valence-electron chi connectivity index (χ0n) is 16.9. The molecule has 1 aromatic heterocycles. The van der Waals surface area contributed by atoms with Crippen LogP contribution in [0.4, 0.5) is 4.79 Å². The van der Waals surface area contributed by atoms with E-state index in [1.807, 2.05) is 24.3 Å². The zero-order chi connectivity index (χ0) is 21.6. The third kappa shape index (κ3) is 3.27. The first-order chi connectivity index (χ1) is 14.2. The lowest BCUT2D eigenvalue weighted by molar-refractivity contribution is 0.0534. The number of aromatic hydroxyl groups is 1. The van der Waals surface area contributed by atoms with Crippen LogP contribution in [0.1, 0.15) is 58.8 Å². The molecule has 1 aliphatic heterocycles. The molecule has 0 spiro atoms. The summed E-state index contributed by atoms with van der Waals surface area (Å²) in [6.45, 7) is 5.73. The van der Waals surface area contributed by atoms with E-state index in [-0.39, 0.29) is 28.2 Å². The highest BCUT2D eigenvalue weighted by atomic mass is 16.6. The van der Waals surface area contributed by atoms with Crippen LogP contribution in [0.25, 0.3) is 10.9 Å². The largest absolute Gasteiger partial charge is 0.506 e. The number of Topliss-reactive ketones (excluding diaryl/α,β-unsaturated/α-hetero) is 1. The van der Waals surface area contributed by atoms with Crippen molar-refractivity contribution < 1.29 is 24.2 Å². The fraction of sp³-hybridized carbons (Fsp3) is 0.261. The van der Waals surface area contributed by atoms with E-state index in [1.165, 1.54) is 22.8 Å². The zero-order valence-corrected chi connectivity index (χ0v) is 16.9. The molecule has 0 saturated carbocycles. The summed E-state index contributed by atoms with van der Waals surface area (Å²) >= 11 is 0. The molecule has 2 N–H and O–H groups in total. The van der Waals surface area contributed by atoms with E-state index in [9.17, 15) is 19.5 Å². The van der Waals surface area contributed by atoms with E-state index in [1.54, 1.807) is 20.8 Å². The number of rotatable bonds is 3. The first kappa shape index (κ1) is 19.8. The normalized spacial score (nSPS) is 15.8. The number of carbonyl (C=O) groups excluding carboxylic acids is 3. The second-order valence-electron chi connectivity index (χ2n) is 8.28. The number of nitrogens with zero attached hydrogens (tertiary/aromatic N) is 1. The van der Waals surface area contributed by atoms with E-state index in [2.05, 4.69) is 5.32 Å². The van der Waals surface area contributed by atoms with Crippen molar-refractivity contribution in [2.24, 2.45) is 0 Å². The summed E-state index contributed by atoms with van der Waals surface area (Å²) in [5.41, 5.74) is 1.53. The van der Waals surface area contributed by atoms with Gasteiger partial charge in [-0.3, -0.25) is 14.9 Å². The highest BCUT2D eigenvalue weighted by molar-refractivity contribution is 6.09. The van der Waals surface area contributed by atoms with Crippen molar-refractivity contribution in [3.8, 4) is 5.75 Å². The van der Waals surface area contributed by atoms with E-state index in [4.69, 9.17) is 4.74 Å². The smallest absolute Gasteiger partial charge is 0.419 e. The molecule has 0 bridgehead atoms. The minimum Gasteiger partial charge on any atom is -0.506 e. The molecular formula is C23H22N2O5. The number of phenols is 1. The van der Waals surface area contributed by atoms with Gasteiger partial charge in [-0.25, -0.2) is 9.36 Å². The first-order valence-corrected chi connectivity index (χ1v) is 9.62. The van der Waals surface area contributed by atoms with Crippen LogP contribution in [0.5, 0.6) is 5.75 Å². The molecule has 2 aromatic carbocycles. The average Bonchev–Trinajstić information content (AvgIpc) is 3.29. The number of hydrogen-bond donors (Lipinski definition) is 2. The Bertz CT molecular complexity index is 1190. The lowest BCUT2D eigenvalue weighted by Gasteiger charge is -2.21. The van der Waals surface area contributed by atoms with Crippen molar-refractivity contribution in [3.63, 3.8) is 0 Å². The number of nitrogens with one attached hydrogen (secondary N) is 1. The van der Waals surface area contributed by atoms with Crippen LogP contribution in [-0.4, -0.2) is 33.4 Å².